The van der Waals surface area contributed by atoms with Gasteiger partial charge in [0.2, 0.25) is 5.88 Å². The van der Waals surface area contributed by atoms with Crippen LogP contribution in [0.2, 0.25) is 0 Å². The van der Waals surface area contributed by atoms with Crippen LogP contribution in [-0.4, -0.2) is 23.4 Å². The third-order valence-electron chi connectivity index (χ3n) is 3.11. The molecule has 1 aromatic carbocycles. The average Bonchev–Trinajstić information content (AvgIpc) is 2.67. The van der Waals surface area contributed by atoms with E-state index in [1.165, 1.54) is 0 Å². The summed E-state index contributed by atoms with van der Waals surface area (Å²) in [6.45, 7) is 3.11. The van der Waals surface area contributed by atoms with Gasteiger partial charge in [0.05, 0.1) is 12.3 Å². The van der Waals surface area contributed by atoms with Crippen molar-refractivity contribution in [3.8, 4) is 11.6 Å². The summed E-state index contributed by atoms with van der Waals surface area (Å²) in [6, 6.07) is 7.85. The summed E-state index contributed by atoms with van der Waals surface area (Å²) in [7, 11) is 3.55. The van der Waals surface area contributed by atoms with Gasteiger partial charge in [0.15, 0.2) is 0 Å². The molecule has 20 heavy (non-hydrogen) atoms. The predicted octanol–water partition coefficient (Wildman–Crippen LogP) is 2.17. The zero-order valence-corrected chi connectivity index (χ0v) is 12.2. The van der Waals surface area contributed by atoms with E-state index >= 15 is 0 Å². The summed E-state index contributed by atoms with van der Waals surface area (Å²) in [4.78, 5) is 0. The molecule has 2 N–H and O–H groups in total. The van der Waals surface area contributed by atoms with Crippen LogP contribution < -0.4 is 10.5 Å². The molecule has 2 rings (SSSR count). The van der Waals surface area contributed by atoms with Gasteiger partial charge in [-0.25, -0.2) is 4.68 Å². The lowest BCUT2D eigenvalue weighted by Crippen LogP contribution is -2.05. The normalized spacial score (nSPS) is 10.8. The van der Waals surface area contributed by atoms with Crippen molar-refractivity contribution in [2.45, 2.75) is 20.0 Å². The fraction of sp³-hybridized carbons (Fsp3) is 0.400. The summed E-state index contributed by atoms with van der Waals surface area (Å²) >= 11 is 0. The molecule has 0 fully saturated rings. The highest BCUT2D eigenvalue weighted by molar-refractivity contribution is 5.37. The Morgan fingerprint density at radius 3 is 2.85 bits per heavy atom. The number of aromatic nitrogens is 2. The fourth-order valence-corrected chi connectivity index (χ4v) is 2.22. The molecule has 0 radical (unpaired) electrons. The van der Waals surface area contributed by atoms with Crippen LogP contribution >= 0.6 is 0 Å². The lowest BCUT2D eigenvalue weighted by Gasteiger charge is -2.09. The molecule has 108 valence electrons. The largest absolute Gasteiger partial charge is 0.439 e. The Labute approximate surface area is 119 Å². The summed E-state index contributed by atoms with van der Waals surface area (Å²) in [5.74, 6) is 1.53. The molecule has 0 aliphatic carbocycles. The van der Waals surface area contributed by atoms with Crippen molar-refractivity contribution >= 4 is 0 Å². The van der Waals surface area contributed by atoms with Crippen molar-refractivity contribution in [1.29, 1.82) is 0 Å². The van der Waals surface area contributed by atoms with Gasteiger partial charge in [0.25, 0.3) is 0 Å². The fourth-order valence-electron chi connectivity index (χ4n) is 2.22. The van der Waals surface area contributed by atoms with Gasteiger partial charge in [0, 0.05) is 19.7 Å². The quantitative estimate of drug-likeness (QED) is 0.877. The van der Waals surface area contributed by atoms with Crippen molar-refractivity contribution in [2.75, 3.05) is 13.7 Å². The average molecular weight is 275 g/mol. The van der Waals surface area contributed by atoms with Crippen LogP contribution in [0.25, 0.3) is 0 Å². The van der Waals surface area contributed by atoms with E-state index in [0.717, 1.165) is 34.9 Å². The smallest absolute Gasteiger partial charge is 0.221 e. The zero-order valence-electron chi connectivity index (χ0n) is 12.2. The van der Waals surface area contributed by atoms with Crippen molar-refractivity contribution in [3.63, 3.8) is 0 Å². The van der Waals surface area contributed by atoms with Crippen LogP contribution in [0.5, 0.6) is 11.6 Å². The van der Waals surface area contributed by atoms with Crippen LogP contribution in [0.1, 0.15) is 16.8 Å². The second-order valence-electron chi connectivity index (χ2n) is 4.71. The van der Waals surface area contributed by atoms with E-state index in [2.05, 4.69) is 5.10 Å². The van der Waals surface area contributed by atoms with Gasteiger partial charge in [-0.2, -0.15) is 5.10 Å². The zero-order chi connectivity index (χ0) is 14.5. The molecule has 5 nitrogen and oxygen atoms in total. The molecule has 0 aliphatic rings. The number of hydrogen-bond acceptors (Lipinski definition) is 4. The molecule has 0 saturated heterocycles. The Hall–Kier alpha value is -1.85. The van der Waals surface area contributed by atoms with Crippen molar-refractivity contribution in [2.24, 2.45) is 12.8 Å². The van der Waals surface area contributed by atoms with Crippen LogP contribution in [0, 0.1) is 6.92 Å². The van der Waals surface area contributed by atoms with Crippen LogP contribution in [0.3, 0.4) is 0 Å². The van der Waals surface area contributed by atoms with Crippen LogP contribution in [0.15, 0.2) is 24.3 Å². The van der Waals surface area contributed by atoms with Crippen molar-refractivity contribution in [3.05, 3.63) is 41.1 Å². The standard InChI is InChI=1S/C15H21N3O2/c1-11-14(7-8-16)15(18(2)17-11)20-13-6-4-5-12(9-13)10-19-3/h4-6,9H,7-8,10,16H2,1-3H3. The SMILES string of the molecule is COCc1cccc(Oc2c(CCN)c(C)nn2C)c1. The predicted molar refractivity (Wildman–Crippen MR) is 77.9 cm³/mol. The van der Waals surface area contributed by atoms with E-state index in [-0.39, 0.29) is 0 Å². The van der Waals surface area contributed by atoms with E-state index < -0.39 is 0 Å². The number of benzene rings is 1. The van der Waals surface area contributed by atoms with Crippen LogP contribution in [-0.2, 0) is 24.8 Å². The van der Waals surface area contributed by atoms with Crippen molar-refractivity contribution in [1.82, 2.24) is 9.78 Å². The third kappa shape index (κ3) is 3.18. The van der Waals surface area contributed by atoms with E-state index in [1.807, 2.05) is 38.2 Å². The molecular formula is C15H21N3O2. The Balaban J connectivity index is 2.27. The van der Waals surface area contributed by atoms with Gasteiger partial charge in [-0.05, 0) is 37.6 Å². The molecule has 2 aromatic rings. The second-order valence-corrected chi connectivity index (χ2v) is 4.71. The Bertz CT molecular complexity index is 578. The number of ether oxygens (including phenoxy) is 2. The molecule has 0 bridgehead atoms. The number of rotatable bonds is 6. The third-order valence-corrected chi connectivity index (χ3v) is 3.11. The number of nitrogens with two attached hydrogens (primary N) is 1. The molecule has 1 aromatic heterocycles. The summed E-state index contributed by atoms with van der Waals surface area (Å²) in [5, 5.41) is 4.40. The maximum Gasteiger partial charge on any atom is 0.221 e. The van der Waals surface area contributed by atoms with Gasteiger partial charge in [0.1, 0.15) is 5.75 Å². The maximum atomic E-state index is 5.99. The van der Waals surface area contributed by atoms with E-state index in [4.69, 9.17) is 15.2 Å². The molecule has 0 unspecified atom stereocenters. The lowest BCUT2D eigenvalue weighted by atomic mass is 10.2. The minimum absolute atomic E-state index is 0.567. The first-order chi connectivity index (χ1) is 9.65. The first-order valence-corrected chi connectivity index (χ1v) is 6.64. The molecule has 0 aliphatic heterocycles. The van der Waals surface area contributed by atoms with Gasteiger partial charge in [-0.15, -0.1) is 0 Å². The van der Waals surface area contributed by atoms with Crippen molar-refractivity contribution < 1.29 is 9.47 Å². The lowest BCUT2D eigenvalue weighted by molar-refractivity contribution is 0.184. The highest BCUT2D eigenvalue weighted by Crippen LogP contribution is 2.28. The Morgan fingerprint density at radius 2 is 2.15 bits per heavy atom. The summed E-state index contributed by atoms with van der Waals surface area (Å²) in [5.41, 5.74) is 8.75. The minimum atomic E-state index is 0.567. The Kier molecular flexibility index (Phi) is 4.76. The van der Waals surface area contributed by atoms with E-state index in [9.17, 15) is 0 Å². The first kappa shape index (κ1) is 14.6. The van der Waals surface area contributed by atoms with E-state index in [1.54, 1.807) is 11.8 Å². The number of aryl methyl sites for hydroxylation is 2. The molecule has 1 heterocycles. The molecule has 5 heteroatoms. The van der Waals surface area contributed by atoms with Gasteiger partial charge >= 0.3 is 0 Å². The molecule has 0 spiro atoms. The summed E-state index contributed by atoms with van der Waals surface area (Å²) < 4.78 is 12.9. The van der Waals surface area contributed by atoms with Gasteiger partial charge in [-0.3, -0.25) is 0 Å². The Morgan fingerprint density at radius 1 is 1.35 bits per heavy atom. The molecular weight excluding hydrogens is 254 g/mol. The number of hydrogen-bond donors (Lipinski definition) is 1. The summed E-state index contributed by atoms with van der Waals surface area (Å²) in [6.07, 6.45) is 0.757. The minimum Gasteiger partial charge on any atom is -0.439 e. The topological polar surface area (TPSA) is 62.3 Å². The van der Waals surface area contributed by atoms with E-state index in [0.29, 0.717) is 13.2 Å². The molecule has 0 saturated carbocycles. The highest BCUT2D eigenvalue weighted by Gasteiger charge is 2.14. The molecule has 0 atom stereocenters. The van der Waals surface area contributed by atoms with Gasteiger partial charge < -0.3 is 15.2 Å². The monoisotopic (exact) mass is 275 g/mol. The van der Waals surface area contributed by atoms with Crippen LogP contribution in [0.4, 0.5) is 0 Å². The molecule has 0 amide bonds. The second kappa shape index (κ2) is 6.54. The maximum absolute atomic E-state index is 5.99. The number of nitrogens with zero attached hydrogens (tertiary/aromatic N) is 2. The first-order valence-electron chi connectivity index (χ1n) is 6.64. The van der Waals surface area contributed by atoms with Gasteiger partial charge in [-0.1, -0.05) is 12.1 Å². The highest BCUT2D eigenvalue weighted by atomic mass is 16.5. The number of methoxy groups -OCH3 is 1.